The van der Waals surface area contributed by atoms with Crippen LogP contribution >= 0.6 is 0 Å². The van der Waals surface area contributed by atoms with Crippen molar-refractivity contribution in [2.24, 2.45) is 0 Å². The minimum Gasteiger partial charge on any atom is -0.454 e. The van der Waals surface area contributed by atoms with Crippen molar-refractivity contribution in [3.63, 3.8) is 0 Å². The van der Waals surface area contributed by atoms with E-state index in [0.717, 1.165) is 27.9 Å². The van der Waals surface area contributed by atoms with E-state index in [0.29, 0.717) is 0 Å². The lowest BCUT2D eigenvalue weighted by atomic mass is 10.0. The van der Waals surface area contributed by atoms with E-state index < -0.39 is 0 Å². The number of benzene rings is 4. The van der Waals surface area contributed by atoms with Gasteiger partial charge in [-0.1, -0.05) is 60.7 Å². The van der Waals surface area contributed by atoms with Gasteiger partial charge >= 0.3 is 0 Å². The van der Waals surface area contributed by atoms with Crippen molar-refractivity contribution >= 4 is 44.1 Å². The van der Waals surface area contributed by atoms with E-state index in [1.54, 1.807) is 0 Å². The summed E-state index contributed by atoms with van der Waals surface area (Å²) < 4.78 is 6.24. The molecule has 5 rings (SSSR count). The summed E-state index contributed by atoms with van der Waals surface area (Å²) in [5.74, 6) is 0. The van der Waals surface area contributed by atoms with Crippen molar-refractivity contribution in [2.45, 2.75) is 6.92 Å². The quantitative estimate of drug-likeness (QED) is 0.387. The maximum atomic E-state index is 6.24. The Bertz CT molecular complexity index is 1230. The smallest absolute Gasteiger partial charge is 0.159 e. The van der Waals surface area contributed by atoms with Gasteiger partial charge in [-0.15, -0.1) is 0 Å². The molecule has 0 spiro atoms. The van der Waals surface area contributed by atoms with Gasteiger partial charge in [-0.3, -0.25) is 0 Å². The highest BCUT2D eigenvalue weighted by molar-refractivity contribution is 6.22. The SMILES string of the molecule is Cc1ccccc1Nc1cc2ccccc2c2c1oc1ccccc12. The first-order valence-electron chi connectivity index (χ1n) is 8.47. The van der Waals surface area contributed by atoms with Crippen molar-refractivity contribution in [3.8, 4) is 0 Å². The molecular weight excluding hydrogens is 306 g/mol. The molecule has 1 aromatic heterocycles. The first-order valence-corrected chi connectivity index (χ1v) is 8.47. The van der Waals surface area contributed by atoms with E-state index in [4.69, 9.17) is 4.42 Å². The normalized spacial score (nSPS) is 11.4. The van der Waals surface area contributed by atoms with Crippen molar-refractivity contribution in [1.29, 1.82) is 0 Å². The number of hydrogen-bond acceptors (Lipinski definition) is 2. The standard InChI is InChI=1S/C23H17NO/c1-15-8-2-6-12-19(15)24-20-14-16-9-3-4-10-17(16)22-18-11-5-7-13-21(18)25-23(20)22/h2-14,24H,1H3. The van der Waals surface area contributed by atoms with Crippen LogP contribution in [0.1, 0.15) is 5.56 Å². The largest absolute Gasteiger partial charge is 0.454 e. The Kier molecular flexibility index (Phi) is 3.04. The molecule has 2 heteroatoms. The molecule has 4 aromatic carbocycles. The molecule has 1 N–H and O–H groups in total. The van der Waals surface area contributed by atoms with Gasteiger partial charge in [0.1, 0.15) is 5.58 Å². The number of hydrogen-bond donors (Lipinski definition) is 1. The van der Waals surface area contributed by atoms with Gasteiger partial charge in [0, 0.05) is 16.5 Å². The van der Waals surface area contributed by atoms with Crippen LogP contribution in [0.25, 0.3) is 32.7 Å². The molecule has 0 unspecified atom stereocenters. The van der Waals surface area contributed by atoms with Crippen molar-refractivity contribution in [1.82, 2.24) is 0 Å². The number of rotatable bonds is 2. The third kappa shape index (κ3) is 2.18. The van der Waals surface area contributed by atoms with Crippen LogP contribution < -0.4 is 5.32 Å². The summed E-state index contributed by atoms with van der Waals surface area (Å²) in [5.41, 5.74) is 5.13. The number of aryl methyl sites for hydroxylation is 1. The molecule has 0 atom stereocenters. The Labute approximate surface area is 145 Å². The molecule has 0 saturated carbocycles. The number of nitrogens with one attached hydrogen (secondary N) is 1. The van der Waals surface area contributed by atoms with E-state index in [9.17, 15) is 0 Å². The molecule has 120 valence electrons. The predicted octanol–water partition coefficient (Wildman–Crippen LogP) is 6.79. The van der Waals surface area contributed by atoms with Gasteiger partial charge < -0.3 is 9.73 Å². The van der Waals surface area contributed by atoms with E-state index >= 15 is 0 Å². The third-order valence-electron chi connectivity index (χ3n) is 4.78. The number of fused-ring (bicyclic) bond motifs is 5. The lowest BCUT2D eigenvalue weighted by Crippen LogP contribution is -1.93. The molecule has 0 aliphatic heterocycles. The maximum Gasteiger partial charge on any atom is 0.159 e. The van der Waals surface area contributed by atoms with Crippen LogP contribution in [0.2, 0.25) is 0 Å². The molecule has 25 heavy (non-hydrogen) atoms. The molecule has 0 aliphatic rings. The molecule has 0 aliphatic carbocycles. The fourth-order valence-electron chi connectivity index (χ4n) is 3.53. The zero-order valence-electron chi connectivity index (χ0n) is 13.9. The van der Waals surface area contributed by atoms with E-state index in [1.165, 1.54) is 21.7 Å². The first-order chi connectivity index (χ1) is 12.3. The van der Waals surface area contributed by atoms with Crippen molar-refractivity contribution in [2.75, 3.05) is 5.32 Å². The molecule has 5 aromatic rings. The Hall–Kier alpha value is -3.26. The van der Waals surface area contributed by atoms with Gasteiger partial charge in [0.25, 0.3) is 0 Å². The average Bonchev–Trinajstić information content (AvgIpc) is 3.04. The summed E-state index contributed by atoms with van der Waals surface area (Å²) in [7, 11) is 0. The second-order valence-corrected chi connectivity index (χ2v) is 6.39. The minimum absolute atomic E-state index is 0.906. The zero-order valence-corrected chi connectivity index (χ0v) is 13.9. The van der Waals surface area contributed by atoms with Crippen LogP contribution in [-0.2, 0) is 0 Å². The van der Waals surface area contributed by atoms with E-state index in [2.05, 4.69) is 72.9 Å². The predicted molar refractivity (Wildman–Crippen MR) is 106 cm³/mol. The van der Waals surface area contributed by atoms with Crippen LogP contribution in [0.3, 0.4) is 0 Å². The molecular formula is C23H17NO. The minimum atomic E-state index is 0.906. The summed E-state index contributed by atoms with van der Waals surface area (Å²) in [5, 5.41) is 8.33. The second-order valence-electron chi connectivity index (χ2n) is 6.39. The van der Waals surface area contributed by atoms with Crippen LogP contribution in [0.4, 0.5) is 11.4 Å². The highest BCUT2D eigenvalue weighted by atomic mass is 16.3. The Morgan fingerprint density at radius 1 is 0.720 bits per heavy atom. The molecule has 0 bridgehead atoms. The van der Waals surface area contributed by atoms with Gasteiger partial charge in [-0.2, -0.15) is 0 Å². The average molecular weight is 323 g/mol. The molecule has 0 radical (unpaired) electrons. The van der Waals surface area contributed by atoms with E-state index in [1.807, 2.05) is 18.2 Å². The summed E-state index contributed by atoms with van der Waals surface area (Å²) in [6.45, 7) is 2.11. The van der Waals surface area contributed by atoms with Gasteiger partial charge in [0.05, 0.1) is 5.69 Å². The van der Waals surface area contributed by atoms with Gasteiger partial charge in [0.2, 0.25) is 0 Å². The molecule has 0 amide bonds. The Morgan fingerprint density at radius 3 is 2.32 bits per heavy atom. The van der Waals surface area contributed by atoms with Crippen LogP contribution in [0.5, 0.6) is 0 Å². The fraction of sp³-hybridized carbons (Fsp3) is 0.0435. The summed E-state index contributed by atoms with van der Waals surface area (Å²) in [4.78, 5) is 0. The van der Waals surface area contributed by atoms with Crippen LogP contribution in [0.15, 0.2) is 83.3 Å². The van der Waals surface area contributed by atoms with Gasteiger partial charge in [-0.05, 0) is 41.5 Å². The molecule has 2 nitrogen and oxygen atoms in total. The Balaban J connectivity index is 1.87. The van der Waals surface area contributed by atoms with Crippen LogP contribution in [-0.4, -0.2) is 0 Å². The zero-order chi connectivity index (χ0) is 16.8. The monoisotopic (exact) mass is 323 g/mol. The molecule has 0 fully saturated rings. The number of anilines is 2. The van der Waals surface area contributed by atoms with Gasteiger partial charge in [0.15, 0.2) is 5.58 Å². The number of furan rings is 1. The van der Waals surface area contributed by atoms with E-state index in [-0.39, 0.29) is 0 Å². The van der Waals surface area contributed by atoms with Crippen molar-refractivity contribution < 1.29 is 4.42 Å². The third-order valence-corrected chi connectivity index (χ3v) is 4.78. The molecule has 1 heterocycles. The summed E-state index contributed by atoms with van der Waals surface area (Å²) in [6.07, 6.45) is 0. The second kappa shape index (κ2) is 5.38. The topological polar surface area (TPSA) is 25.2 Å². The van der Waals surface area contributed by atoms with Crippen molar-refractivity contribution in [3.05, 3.63) is 84.4 Å². The Morgan fingerprint density at radius 2 is 1.44 bits per heavy atom. The summed E-state index contributed by atoms with van der Waals surface area (Å²) in [6, 6.07) is 27.2. The highest BCUT2D eigenvalue weighted by Crippen LogP contribution is 2.40. The highest BCUT2D eigenvalue weighted by Gasteiger charge is 2.15. The summed E-state index contributed by atoms with van der Waals surface area (Å²) >= 11 is 0. The number of para-hydroxylation sites is 2. The lowest BCUT2D eigenvalue weighted by molar-refractivity contribution is 0.670. The fourth-order valence-corrected chi connectivity index (χ4v) is 3.53. The first kappa shape index (κ1) is 14.1. The lowest BCUT2D eigenvalue weighted by Gasteiger charge is -2.11. The maximum absolute atomic E-state index is 6.24. The van der Waals surface area contributed by atoms with Crippen LogP contribution in [0, 0.1) is 6.92 Å². The van der Waals surface area contributed by atoms with Gasteiger partial charge in [-0.25, -0.2) is 0 Å². The molecule has 0 saturated heterocycles.